The SMILES string of the molecule is CC(=O)CN.CCCCC(C)C(=O)OC. The summed E-state index contributed by atoms with van der Waals surface area (Å²) in [6.45, 7) is 5.64. The van der Waals surface area contributed by atoms with E-state index < -0.39 is 0 Å². The number of Topliss-reactive ketones (excluding diaryl/α,β-unsaturated/α-hetero) is 1. The van der Waals surface area contributed by atoms with Gasteiger partial charge in [0.2, 0.25) is 0 Å². The first kappa shape index (κ1) is 16.5. The molecular weight excluding hydrogens is 194 g/mol. The molecule has 0 spiro atoms. The Morgan fingerprint density at radius 2 is 1.87 bits per heavy atom. The van der Waals surface area contributed by atoms with Crippen molar-refractivity contribution in [2.45, 2.75) is 40.0 Å². The number of rotatable bonds is 5. The second-order valence-corrected chi connectivity index (χ2v) is 3.47. The largest absolute Gasteiger partial charge is 0.469 e. The van der Waals surface area contributed by atoms with Gasteiger partial charge in [-0.1, -0.05) is 26.7 Å². The number of hydrogen-bond donors (Lipinski definition) is 1. The van der Waals surface area contributed by atoms with Crippen molar-refractivity contribution in [2.24, 2.45) is 11.7 Å². The van der Waals surface area contributed by atoms with Crippen LogP contribution in [-0.2, 0) is 14.3 Å². The normalized spacial score (nSPS) is 11.0. The van der Waals surface area contributed by atoms with Gasteiger partial charge >= 0.3 is 5.97 Å². The highest BCUT2D eigenvalue weighted by Crippen LogP contribution is 2.08. The van der Waals surface area contributed by atoms with Crippen molar-refractivity contribution in [3.8, 4) is 0 Å². The average molecular weight is 217 g/mol. The molecule has 0 radical (unpaired) electrons. The van der Waals surface area contributed by atoms with Gasteiger partial charge in [-0.15, -0.1) is 0 Å². The first-order valence-corrected chi connectivity index (χ1v) is 5.26. The molecule has 0 aromatic carbocycles. The Hall–Kier alpha value is -0.900. The first-order chi connectivity index (χ1) is 6.99. The molecule has 0 aromatic heterocycles. The van der Waals surface area contributed by atoms with Gasteiger partial charge in [-0.3, -0.25) is 9.59 Å². The molecule has 0 aromatic rings. The van der Waals surface area contributed by atoms with Crippen molar-refractivity contribution in [1.82, 2.24) is 0 Å². The van der Waals surface area contributed by atoms with Gasteiger partial charge in [-0.05, 0) is 13.3 Å². The van der Waals surface area contributed by atoms with Gasteiger partial charge in [0.15, 0.2) is 0 Å². The van der Waals surface area contributed by atoms with Crippen molar-refractivity contribution in [1.29, 1.82) is 0 Å². The van der Waals surface area contributed by atoms with Gasteiger partial charge in [-0.25, -0.2) is 0 Å². The number of nitrogens with two attached hydrogens (primary N) is 1. The Labute approximate surface area is 92.2 Å². The van der Waals surface area contributed by atoms with E-state index in [1.54, 1.807) is 0 Å². The third-order valence-corrected chi connectivity index (χ3v) is 1.88. The van der Waals surface area contributed by atoms with E-state index in [4.69, 9.17) is 5.73 Å². The zero-order valence-electron chi connectivity index (χ0n) is 10.2. The molecule has 0 rings (SSSR count). The second kappa shape index (κ2) is 11.2. The molecule has 0 saturated heterocycles. The first-order valence-electron chi connectivity index (χ1n) is 5.26. The third kappa shape index (κ3) is 13.1. The zero-order chi connectivity index (χ0) is 12.3. The number of unbranched alkanes of at least 4 members (excludes halogenated alkanes) is 1. The summed E-state index contributed by atoms with van der Waals surface area (Å²) >= 11 is 0. The Balaban J connectivity index is 0. The maximum atomic E-state index is 10.8. The van der Waals surface area contributed by atoms with Gasteiger partial charge in [0.05, 0.1) is 19.6 Å². The Morgan fingerprint density at radius 1 is 1.40 bits per heavy atom. The predicted molar refractivity (Wildman–Crippen MR) is 60.4 cm³/mol. The van der Waals surface area contributed by atoms with Gasteiger partial charge in [0, 0.05) is 0 Å². The van der Waals surface area contributed by atoms with E-state index >= 15 is 0 Å². The van der Waals surface area contributed by atoms with Crippen molar-refractivity contribution >= 4 is 11.8 Å². The van der Waals surface area contributed by atoms with E-state index in [1.165, 1.54) is 14.0 Å². The van der Waals surface area contributed by atoms with Crippen LogP contribution in [0.2, 0.25) is 0 Å². The summed E-state index contributed by atoms with van der Waals surface area (Å²) in [6, 6.07) is 0. The molecule has 4 nitrogen and oxygen atoms in total. The molecule has 0 heterocycles. The molecule has 0 aliphatic heterocycles. The number of ketones is 1. The van der Waals surface area contributed by atoms with Crippen LogP contribution in [0.1, 0.15) is 40.0 Å². The lowest BCUT2D eigenvalue weighted by Crippen LogP contribution is -2.12. The lowest BCUT2D eigenvalue weighted by Gasteiger charge is -2.06. The Kier molecular flexibility index (Phi) is 12.3. The number of ether oxygens (including phenoxy) is 1. The van der Waals surface area contributed by atoms with Crippen molar-refractivity contribution in [2.75, 3.05) is 13.7 Å². The smallest absolute Gasteiger partial charge is 0.308 e. The lowest BCUT2D eigenvalue weighted by atomic mass is 10.1. The highest BCUT2D eigenvalue weighted by molar-refractivity contribution is 5.77. The molecular formula is C11H23NO3. The molecule has 0 aliphatic carbocycles. The van der Waals surface area contributed by atoms with Gasteiger partial charge < -0.3 is 10.5 Å². The van der Waals surface area contributed by atoms with Gasteiger partial charge in [-0.2, -0.15) is 0 Å². The summed E-state index contributed by atoms with van der Waals surface area (Å²) in [7, 11) is 1.44. The summed E-state index contributed by atoms with van der Waals surface area (Å²) in [4.78, 5) is 20.5. The second-order valence-electron chi connectivity index (χ2n) is 3.47. The summed E-state index contributed by atoms with van der Waals surface area (Å²) in [5, 5.41) is 0. The molecule has 90 valence electrons. The fraction of sp³-hybridized carbons (Fsp3) is 0.818. The van der Waals surface area contributed by atoms with Gasteiger partial charge in [0.25, 0.3) is 0 Å². The summed E-state index contributed by atoms with van der Waals surface area (Å²) in [5.41, 5.74) is 4.82. The molecule has 0 aliphatic rings. The van der Waals surface area contributed by atoms with E-state index in [0.717, 1.165) is 19.3 Å². The molecule has 2 N–H and O–H groups in total. The average Bonchev–Trinajstić information content (AvgIpc) is 2.25. The standard InChI is InChI=1S/C8H16O2.C3H7NO/c1-4-5-6-7(2)8(9)10-3;1-3(5)2-4/h7H,4-6H2,1-3H3;2,4H2,1H3. The van der Waals surface area contributed by atoms with E-state index in [1.807, 2.05) is 6.92 Å². The number of esters is 1. The molecule has 4 heteroatoms. The predicted octanol–water partition coefficient (Wildman–Crippen LogP) is 1.52. The monoisotopic (exact) mass is 217 g/mol. The molecule has 0 bridgehead atoms. The molecule has 1 atom stereocenters. The van der Waals surface area contributed by atoms with Crippen molar-refractivity contribution < 1.29 is 14.3 Å². The van der Waals surface area contributed by atoms with Crippen LogP contribution in [0.15, 0.2) is 0 Å². The number of methoxy groups -OCH3 is 1. The van der Waals surface area contributed by atoms with Crippen LogP contribution in [0.25, 0.3) is 0 Å². The molecule has 0 amide bonds. The minimum atomic E-state index is -0.0894. The maximum Gasteiger partial charge on any atom is 0.308 e. The lowest BCUT2D eigenvalue weighted by molar-refractivity contribution is -0.145. The van der Waals surface area contributed by atoms with Crippen LogP contribution in [0.5, 0.6) is 0 Å². The molecule has 0 saturated carbocycles. The van der Waals surface area contributed by atoms with Crippen molar-refractivity contribution in [3.05, 3.63) is 0 Å². The summed E-state index contributed by atoms with van der Waals surface area (Å²) in [5.74, 6) is 0.0170. The Morgan fingerprint density at radius 3 is 2.13 bits per heavy atom. The van der Waals surface area contributed by atoms with Crippen LogP contribution in [0, 0.1) is 5.92 Å². The fourth-order valence-corrected chi connectivity index (χ4v) is 0.829. The minimum Gasteiger partial charge on any atom is -0.469 e. The van der Waals surface area contributed by atoms with E-state index in [-0.39, 0.29) is 24.2 Å². The van der Waals surface area contributed by atoms with E-state index in [9.17, 15) is 9.59 Å². The van der Waals surface area contributed by atoms with Crippen LogP contribution in [0.4, 0.5) is 0 Å². The molecule has 0 fully saturated rings. The maximum absolute atomic E-state index is 10.8. The minimum absolute atomic E-state index is 0.0324. The number of carbonyl (C=O) groups excluding carboxylic acids is 2. The summed E-state index contributed by atoms with van der Waals surface area (Å²) in [6.07, 6.45) is 3.20. The number of hydrogen-bond acceptors (Lipinski definition) is 4. The highest BCUT2D eigenvalue weighted by atomic mass is 16.5. The summed E-state index contributed by atoms with van der Waals surface area (Å²) < 4.78 is 4.57. The van der Waals surface area contributed by atoms with Crippen LogP contribution < -0.4 is 5.73 Å². The van der Waals surface area contributed by atoms with Crippen LogP contribution in [-0.4, -0.2) is 25.4 Å². The highest BCUT2D eigenvalue weighted by Gasteiger charge is 2.10. The third-order valence-electron chi connectivity index (χ3n) is 1.88. The fourth-order valence-electron chi connectivity index (χ4n) is 0.829. The van der Waals surface area contributed by atoms with Crippen LogP contribution in [0.3, 0.4) is 0 Å². The molecule has 15 heavy (non-hydrogen) atoms. The number of carbonyl (C=O) groups is 2. The van der Waals surface area contributed by atoms with Gasteiger partial charge in [0.1, 0.15) is 5.78 Å². The quantitative estimate of drug-likeness (QED) is 0.709. The zero-order valence-corrected chi connectivity index (χ0v) is 10.2. The van der Waals surface area contributed by atoms with E-state index in [0.29, 0.717) is 0 Å². The topological polar surface area (TPSA) is 69.4 Å². The molecule has 1 unspecified atom stereocenters. The van der Waals surface area contributed by atoms with Crippen molar-refractivity contribution in [3.63, 3.8) is 0 Å². The Bertz CT molecular complexity index is 181. The van der Waals surface area contributed by atoms with Crippen LogP contribution >= 0.6 is 0 Å². The van der Waals surface area contributed by atoms with E-state index in [2.05, 4.69) is 11.7 Å².